The van der Waals surface area contributed by atoms with Crippen molar-refractivity contribution in [2.24, 2.45) is 7.05 Å². The molecule has 2 aromatic heterocycles. The SMILES string of the molecule is Cc1cc(C(=O)N2Cc3cnn(C)c3Nc3ccccc32)ccc1CNC(=O)N1C[C@H](n2cc(COCCF)nn2)C[C@H]1C(=S)N(C)C. The molecule has 2 atom stereocenters. The molecule has 0 spiro atoms. The Balaban J connectivity index is 1.14. The molecule has 2 aliphatic rings. The van der Waals surface area contributed by atoms with Crippen molar-refractivity contribution in [3.8, 4) is 0 Å². The van der Waals surface area contributed by atoms with E-state index in [9.17, 15) is 14.0 Å². The number of carbonyl (C=O) groups is 2. The van der Waals surface area contributed by atoms with Crippen LogP contribution >= 0.6 is 12.2 Å². The lowest BCUT2D eigenvalue weighted by Crippen LogP contribution is -2.48. The number of likely N-dealkylation sites (tertiary alicyclic amines) is 1. The third-order valence-electron chi connectivity index (χ3n) is 8.72. The van der Waals surface area contributed by atoms with Gasteiger partial charge in [0.25, 0.3) is 5.91 Å². The molecular weight excluding hydrogens is 635 g/mol. The molecule has 1 fully saturated rings. The van der Waals surface area contributed by atoms with Gasteiger partial charge in [-0.05, 0) is 48.7 Å². The van der Waals surface area contributed by atoms with E-state index in [4.69, 9.17) is 17.0 Å². The second kappa shape index (κ2) is 14.1. The smallest absolute Gasteiger partial charge is 0.318 e. The highest BCUT2D eigenvalue weighted by Gasteiger charge is 2.40. The fourth-order valence-corrected chi connectivity index (χ4v) is 6.37. The van der Waals surface area contributed by atoms with Gasteiger partial charge >= 0.3 is 6.03 Å². The number of likely N-dealkylation sites (N-methyl/N-ethyl adjacent to an activating group) is 1. The van der Waals surface area contributed by atoms with Crippen LogP contribution in [0.3, 0.4) is 0 Å². The van der Waals surface area contributed by atoms with E-state index in [2.05, 4.69) is 26.0 Å². The van der Waals surface area contributed by atoms with Gasteiger partial charge in [0.1, 0.15) is 23.2 Å². The molecule has 2 aromatic carbocycles. The van der Waals surface area contributed by atoms with Gasteiger partial charge in [-0.15, -0.1) is 5.10 Å². The van der Waals surface area contributed by atoms with Crippen molar-refractivity contribution >= 4 is 46.3 Å². The van der Waals surface area contributed by atoms with Crippen LogP contribution in [0.25, 0.3) is 0 Å². The molecule has 252 valence electrons. The number of anilines is 3. The average molecular weight is 675 g/mol. The molecule has 6 rings (SSSR count). The molecule has 13 nitrogen and oxygen atoms in total. The van der Waals surface area contributed by atoms with E-state index < -0.39 is 6.67 Å². The Hall–Kier alpha value is -4.89. The second-order valence-electron chi connectivity index (χ2n) is 12.2. The van der Waals surface area contributed by atoms with Crippen LogP contribution in [-0.4, -0.2) is 91.5 Å². The van der Waals surface area contributed by atoms with Crippen LogP contribution < -0.4 is 15.5 Å². The fourth-order valence-electron chi connectivity index (χ4n) is 6.15. The van der Waals surface area contributed by atoms with E-state index >= 15 is 0 Å². The Morgan fingerprint density at radius 3 is 2.79 bits per heavy atom. The van der Waals surface area contributed by atoms with Gasteiger partial charge in [0.05, 0.1) is 55.6 Å². The number of para-hydroxylation sites is 2. The van der Waals surface area contributed by atoms with Crippen molar-refractivity contribution in [3.05, 3.63) is 82.8 Å². The molecule has 4 aromatic rings. The lowest BCUT2D eigenvalue weighted by atomic mass is 10.0. The van der Waals surface area contributed by atoms with Crippen LogP contribution in [0.4, 0.5) is 26.4 Å². The van der Waals surface area contributed by atoms with E-state index in [0.717, 1.165) is 33.9 Å². The number of nitrogens with one attached hydrogen (secondary N) is 2. The van der Waals surface area contributed by atoms with Crippen molar-refractivity contribution in [1.82, 2.24) is 39.9 Å². The molecule has 2 N–H and O–H groups in total. The van der Waals surface area contributed by atoms with Crippen molar-refractivity contribution in [2.75, 3.05) is 44.1 Å². The highest BCUT2D eigenvalue weighted by atomic mass is 32.1. The second-order valence-corrected chi connectivity index (χ2v) is 12.6. The number of urea groups is 1. The first-order valence-electron chi connectivity index (χ1n) is 15.7. The Kier molecular flexibility index (Phi) is 9.68. The van der Waals surface area contributed by atoms with Crippen molar-refractivity contribution in [1.29, 1.82) is 0 Å². The predicted molar refractivity (Wildman–Crippen MR) is 183 cm³/mol. The van der Waals surface area contributed by atoms with Gasteiger partial charge in [0, 0.05) is 45.4 Å². The summed E-state index contributed by atoms with van der Waals surface area (Å²) in [5.41, 5.74) is 5.45. The normalized spacial score (nSPS) is 16.9. The highest BCUT2D eigenvalue weighted by Crippen LogP contribution is 2.36. The lowest BCUT2D eigenvalue weighted by molar-refractivity contribution is 0.0985. The summed E-state index contributed by atoms with van der Waals surface area (Å²) in [7, 11) is 5.60. The summed E-state index contributed by atoms with van der Waals surface area (Å²) >= 11 is 5.72. The standard InChI is InChI=1S/C33H39FN10O3S/c1-21-13-22(31(45)42-17-24-16-36-41(4)30(24)37-27-7-5-6-8-28(27)42)9-10-23(21)15-35-33(46)43-19-26(14-29(43)32(48)40(2)3)44-18-25(38-39-44)20-47-12-11-34/h5-10,13,16,18,26,29,37H,11-12,14-15,17,19-20H2,1-4H3,(H,35,46)/t26-,29+/m1/s1. The minimum Gasteiger partial charge on any atom is -0.372 e. The maximum Gasteiger partial charge on any atom is 0.318 e. The Bertz CT molecular complexity index is 1820. The van der Waals surface area contributed by atoms with E-state index in [-0.39, 0.29) is 43.8 Å². The van der Waals surface area contributed by atoms with E-state index in [1.807, 2.05) is 69.4 Å². The molecule has 0 radical (unpaired) electrons. The summed E-state index contributed by atoms with van der Waals surface area (Å²) in [5, 5.41) is 19.2. The number of amides is 3. The monoisotopic (exact) mass is 674 g/mol. The van der Waals surface area contributed by atoms with Gasteiger partial charge in [-0.2, -0.15) is 5.10 Å². The van der Waals surface area contributed by atoms with Crippen molar-refractivity contribution in [2.45, 2.75) is 45.1 Å². The zero-order valence-electron chi connectivity index (χ0n) is 27.4. The van der Waals surface area contributed by atoms with Crippen LogP contribution in [0.15, 0.2) is 54.9 Å². The summed E-state index contributed by atoms with van der Waals surface area (Å²) < 4.78 is 21.2. The number of aromatic nitrogens is 5. The molecule has 1 saturated heterocycles. The number of aryl methyl sites for hydroxylation is 2. The molecule has 3 amide bonds. The van der Waals surface area contributed by atoms with Gasteiger partial charge in [0.2, 0.25) is 0 Å². The number of alkyl halides is 1. The molecule has 0 aliphatic carbocycles. The van der Waals surface area contributed by atoms with Crippen LogP contribution in [-0.2, 0) is 31.5 Å². The summed E-state index contributed by atoms with van der Waals surface area (Å²) in [6.07, 6.45) is 4.12. The molecule has 15 heteroatoms. The Labute approximate surface area is 283 Å². The van der Waals surface area contributed by atoms with Crippen LogP contribution in [0.5, 0.6) is 0 Å². The van der Waals surface area contributed by atoms with E-state index in [1.165, 1.54) is 0 Å². The lowest BCUT2D eigenvalue weighted by Gasteiger charge is -2.28. The number of thiocarbonyl (C=S) groups is 1. The van der Waals surface area contributed by atoms with E-state index in [1.54, 1.807) is 37.6 Å². The van der Waals surface area contributed by atoms with Crippen LogP contribution in [0.1, 0.15) is 45.2 Å². The van der Waals surface area contributed by atoms with Crippen molar-refractivity contribution < 1.29 is 18.7 Å². The average Bonchev–Trinajstić information content (AvgIpc) is 3.79. The predicted octanol–water partition coefficient (Wildman–Crippen LogP) is 4.12. The summed E-state index contributed by atoms with van der Waals surface area (Å²) in [5.74, 6) is 0.719. The summed E-state index contributed by atoms with van der Waals surface area (Å²) in [6, 6.07) is 12.6. The maximum atomic E-state index is 14.0. The molecule has 0 unspecified atom stereocenters. The maximum absolute atomic E-state index is 14.0. The number of hydrogen-bond acceptors (Lipinski definition) is 8. The largest absolute Gasteiger partial charge is 0.372 e. The van der Waals surface area contributed by atoms with Crippen molar-refractivity contribution in [3.63, 3.8) is 0 Å². The van der Waals surface area contributed by atoms with Gasteiger partial charge in [-0.1, -0.05) is 35.6 Å². The topological polar surface area (TPSA) is 126 Å². The third kappa shape index (κ3) is 6.73. The number of hydrogen-bond donors (Lipinski definition) is 2. The van der Waals surface area contributed by atoms with E-state index in [0.29, 0.717) is 35.8 Å². The van der Waals surface area contributed by atoms with Crippen LogP contribution in [0.2, 0.25) is 0 Å². The first-order valence-corrected chi connectivity index (χ1v) is 16.1. The van der Waals surface area contributed by atoms with Crippen LogP contribution in [0, 0.1) is 6.92 Å². The molecule has 0 saturated carbocycles. The Morgan fingerprint density at radius 2 is 2.02 bits per heavy atom. The number of halogens is 1. The molecular formula is C33H39FN10O3S. The van der Waals surface area contributed by atoms with Gasteiger partial charge in [-0.25, -0.2) is 13.9 Å². The number of fused-ring (bicyclic) bond motifs is 2. The molecule has 2 aliphatic heterocycles. The molecule has 4 heterocycles. The number of carbonyl (C=O) groups excluding carboxylic acids is 2. The summed E-state index contributed by atoms with van der Waals surface area (Å²) in [6.45, 7) is 2.57. The quantitative estimate of drug-likeness (QED) is 0.199. The summed E-state index contributed by atoms with van der Waals surface area (Å²) in [4.78, 5) is 33.5. The highest BCUT2D eigenvalue weighted by molar-refractivity contribution is 7.80. The first-order chi connectivity index (χ1) is 23.1. The number of ether oxygens (including phenoxy) is 1. The zero-order valence-corrected chi connectivity index (χ0v) is 28.2. The third-order valence-corrected chi connectivity index (χ3v) is 9.36. The minimum absolute atomic E-state index is 0.000446. The first kappa shape index (κ1) is 33.0. The number of nitrogens with zero attached hydrogens (tertiary/aromatic N) is 8. The minimum atomic E-state index is -0.564. The number of benzene rings is 2. The number of rotatable bonds is 9. The Morgan fingerprint density at radius 1 is 1.21 bits per heavy atom. The molecule has 0 bridgehead atoms. The van der Waals surface area contributed by atoms with Gasteiger partial charge < -0.3 is 30.1 Å². The zero-order chi connectivity index (χ0) is 33.9. The molecule has 48 heavy (non-hydrogen) atoms. The fraction of sp³-hybridized carbons (Fsp3) is 0.394. The van der Waals surface area contributed by atoms with Gasteiger partial charge in [-0.3, -0.25) is 9.48 Å². The van der Waals surface area contributed by atoms with Gasteiger partial charge in [0.15, 0.2) is 0 Å².